The monoisotopic (exact) mass is 230 g/mol. The van der Waals surface area contributed by atoms with Gasteiger partial charge < -0.3 is 0 Å². The molecule has 16 heavy (non-hydrogen) atoms. The van der Waals surface area contributed by atoms with Crippen LogP contribution in [0.4, 0.5) is 0 Å². The highest BCUT2D eigenvalue weighted by atomic mass is 32.2. The van der Waals surface area contributed by atoms with E-state index < -0.39 is 0 Å². The van der Waals surface area contributed by atoms with Gasteiger partial charge in [-0.25, -0.2) is 9.97 Å². The standard InChI is InChI=1S/C13H14N2S/c1-9-4-6-12(7-5-9)16-13-14-10(2)8-11(3)15-13/h4-8H,1-3H3. The van der Waals surface area contributed by atoms with E-state index in [2.05, 4.69) is 41.2 Å². The Kier molecular flexibility index (Phi) is 3.25. The lowest BCUT2D eigenvalue weighted by molar-refractivity contribution is 0.902. The number of hydrogen-bond acceptors (Lipinski definition) is 3. The van der Waals surface area contributed by atoms with Crippen LogP contribution in [0.1, 0.15) is 17.0 Å². The molecule has 2 aromatic rings. The summed E-state index contributed by atoms with van der Waals surface area (Å²) < 4.78 is 0. The molecule has 0 bridgehead atoms. The van der Waals surface area contributed by atoms with Crippen molar-refractivity contribution in [2.75, 3.05) is 0 Å². The molecule has 0 amide bonds. The highest BCUT2D eigenvalue weighted by Gasteiger charge is 2.02. The summed E-state index contributed by atoms with van der Waals surface area (Å²) in [5.41, 5.74) is 3.30. The van der Waals surface area contributed by atoms with Crippen LogP contribution in [0.3, 0.4) is 0 Å². The minimum absolute atomic E-state index is 0.821. The number of hydrogen-bond donors (Lipinski definition) is 0. The Morgan fingerprint density at radius 3 is 2.00 bits per heavy atom. The van der Waals surface area contributed by atoms with Gasteiger partial charge >= 0.3 is 0 Å². The first kappa shape index (κ1) is 11.1. The minimum atomic E-state index is 0.821. The fourth-order valence-electron chi connectivity index (χ4n) is 1.45. The van der Waals surface area contributed by atoms with Gasteiger partial charge in [-0.15, -0.1) is 0 Å². The van der Waals surface area contributed by atoms with Crippen LogP contribution in [0, 0.1) is 20.8 Å². The van der Waals surface area contributed by atoms with E-state index in [0.717, 1.165) is 16.5 Å². The summed E-state index contributed by atoms with van der Waals surface area (Å²) in [6, 6.07) is 10.4. The van der Waals surface area contributed by atoms with Gasteiger partial charge in [-0.05, 0) is 50.7 Å². The average molecular weight is 230 g/mol. The van der Waals surface area contributed by atoms with Crippen LogP contribution in [-0.2, 0) is 0 Å². The molecule has 0 spiro atoms. The largest absolute Gasteiger partial charge is 0.228 e. The highest BCUT2D eigenvalue weighted by molar-refractivity contribution is 7.99. The van der Waals surface area contributed by atoms with Crippen molar-refractivity contribution in [3.8, 4) is 0 Å². The quantitative estimate of drug-likeness (QED) is 0.738. The molecule has 0 radical (unpaired) electrons. The molecule has 0 aliphatic carbocycles. The van der Waals surface area contributed by atoms with E-state index in [4.69, 9.17) is 0 Å². The number of nitrogens with zero attached hydrogens (tertiary/aromatic N) is 2. The molecule has 0 unspecified atom stereocenters. The zero-order valence-corrected chi connectivity index (χ0v) is 10.5. The Labute approximate surface area is 100 Å². The van der Waals surface area contributed by atoms with Crippen LogP contribution in [0.15, 0.2) is 40.4 Å². The van der Waals surface area contributed by atoms with Gasteiger partial charge in [0, 0.05) is 16.3 Å². The summed E-state index contributed by atoms with van der Waals surface area (Å²) in [6.45, 7) is 6.07. The summed E-state index contributed by atoms with van der Waals surface area (Å²) in [6.07, 6.45) is 0. The molecule has 2 rings (SSSR count). The van der Waals surface area contributed by atoms with E-state index in [1.807, 2.05) is 19.9 Å². The average Bonchev–Trinajstić information content (AvgIpc) is 2.20. The first-order chi connectivity index (χ1) is 7.63. The first-order valence-corrected chi connectivity index (χ1v) is 6.02. The van der Waals surface area contributed by atoms with Crippen molar-refractivity contribution in [1.82, 2.24) is 9.97 Å². The lowest BCUT2D eigenvalue weighted by atomic mass is 10.2. The molecule has 0 aliphatic rings. The predicted molar refractivity (Wildman–Crippen MR) is 66.8 cm³/mol. The molecule has 82 valence electrons. The zero-order valence-electron chi connectivity index (χ0n) is 9.69. The van der Waals surface area contributed by atoms with Gasteiger partial charge in [-0.3, -0.25) is 0 Å². The first-order valence-electron chi connectivity index (χ1n) is 5.20. The third-order valence-electron chi connectivity index (χ3n) is 2.19. The molecule has 0 aliphatic heterocycles. The van der Waals surface area contributed by atoms with E-state index in [-0.39, 0.29) is 0 Å². The van der Waals surface area contributed by atoms with Crippen molar-refractivity contribution < 1.29 is 0 Å². The third kappa shape index (κ3) is 2.83. The summed E-state index contributed by atoms with van der Waals surface area (Å²) in [5, 5.41) is 0.821. The van der Waals surface area contributed by atoms with Crippen molar-refractivity contribution in [2.45, 2.75) is 30.8 Å². The Bertz CT molecular complexity index is 472. The summed E-state index contributed by atoms with van der Waals surface area (Å²) >= 11 is 1.60. The molecule has 0 atom stereocenters. The van der Waals surface area contributed by atoms with Crippen LogP contribution in [0.2, 0.25) is 0 Å². The van der Waals surface area contributed by atoms with Crippen LogP contribution >= 0.6 is 11.8 Å². The second-order valence-corrected chi connectivity index (χ2v) is 4.89. The second kappa shape index (κ2) is 4.66. The van der Waals surface area contributed by atoms with Crippen molar-refractivity contribution >= 4 is 11.8 Å². The second-order valence-electron chi connectivity index (χ2n) is 3.85. The van der Waals surface area contributed by atoms with Gasteiger partial charge in [0.15, 0.2) is 5.16 Å². The number of aryl methyl sites for hydroxylation is 3. The Morgan fingerprint density at radius 2 is 1.44 bits per heavy atom. The van der Waals surface area contributed by atoms with Gasteiger partial charge in [-0.1, -0.05) is 17.7 Å². The molecule has 0 fully saturated rings. The van der Waals surface area contributed by atoms with E-state index in [1.165, 1.54) is 10.5 Å². The van der Waals surface area contributed by atoms with Gasteiger partial charge in [0.25, 0.3) is 0 Å². The molecular weight excluding hydrogens is 216 g/mol. The molecule has 1 aromatic heterocycles. The maximum Gasteiger partial charge on any atom is 0.192 e. The SMILES string of the molecule is Cc1ccc(Sc2nc(C)cc(C)n2)cc1. The van der Waals surface area contributed by atoms with Crippen molar-refractivity contribution in [3.63, 3.8) is 0 Å². The van der Waals surface area contributed by atoms with Gasteiger partial charge in [0.05, 0.1) is 0 Å². The van der Waals surface area contributed by atoms with Crippen LogP contribution in [0.5, 0.6) is 0 Å². The highest BCUT2D eigenvalue weighted by Crippen LogP contribution is 2.24. The Hall–Kier alpha value is -1.35. The zero-order chi connectivity index (χ0) is 11.5. The van der Waals surface area contributed by atoms with Gasteiger partial charge in [0.2, 0.25) is 0 Å². The van der Waals surface area contributed by atoms with Crippen LogP contribution in [0.25, 0.3) is 0 Å². The molecule has 1 aromatic carbocycles. The number of rotatable bonds is 2. The van der Waals surface area contributed by atoms with Crippen LogP contribution in [-0.4, -0.2) is 9.97 Å². The molecular formula is C13H14N2S. The van der Waals surface area contributed by atoms with Gasteiger partial charge in [-0.2, -0.15) is 0 Å². The molecule has 2 nitrogen and oxygen atoms in total. The van der Waals surface area contributed by atoms with E-state index in [1.54, 1.807) is 11.8 Å². The van der Waals surface area contributed by atoms with E-state index in [0.29, 0.717) is 0 Å². The molecule has 1 heterocycles. The number of benzene rings is 1. The fourth-order valence-corrected chi connectivity index (χ4v) is 2.31. The normalized spacial score (nSPS) is 10.4. The topological polar surface area (TPSA) is 25.8 Å². The predicted octanol–water partition coefficient (Wildman–Crippen LogP) is 3.55. The van der Waals surface area contributed by atoms with Crippen molar-refractivity contribution in [1.29, 1.82) is 0 Å². The molecule has 0 N–H and O–H groups in total. The fraction of sp³-hybridized carbons (Fsp3) is 0.231. The molecule has 3 heteroatoms. The van der Waals surface area contributed by atoms with E-state index >= 15 is 0 Å². The summed E-state index contributed by atoms with van der Waals surface area (Å²) in [4.78, 5) is 9.98. The third-order valence-corrected chi connectivity index (χ3v) is 3.06. The molecule has 0 saturated carbocycles. The molecule has 0 saturated heterocycles. The van der Waals surface area contributed by atoms with Crippen molar-refractivity contribution in [2.24, 2.45) is 0 Å². The number of aromatic nitrogens is 2. The maximum atomic E-state index is 4.40. The van der Waals surface area contributed by atoms with Gasteiger partial charge in [0.1, 0.15) is 0 Å². The Morgan fingerprint density at radius 1 is 0.875 bits per heavy atom. The van der Waals surface area contributed by atoms with Crippen molar-refractivity contribution in [3.05, 3.63) is 47.3 Å². The lowest BCUT2D eigenvalue weighted by Gasteiger charge is -2.03. The smallest absolute Gasteiger partial charge is 0.192 e. The summed E-state index contributed by atoms with van der Waals surface area (Å²) in [7, 11) is 0. The van der Waals surface area contributed by atoms with Crippen LogP contribution < -0.4 is 0 Å². The van der Waals surface area contributed by atoms with E-state index in [9.17, 15) is 0 Å². The maximum absolute atomic E-state index is 4.40. The lowest BCUT2D eigenvalue weighted by Crippen LogP contribution is -1.92. The minimum Gasteiger partial charge on any atom is -0.228 e. The Balaban J connectivity index is 2.23. The summed E-state index contributed by atoms with van der Waals surface area (Å²) in [5.74, 6) is 0.